The first kappa shape index (κ1) is 21.2. The maximum atomic E-state index is 13.4. The first-order valence-corrected chi connectivity index (χ1v) is 9.53. The summed E-state index contributed by atoms with van der Waals surface area (Å²) in [6, 6.07) is 13.0. The first-order valence-electron chi connectivity index (χ1n) is 8.31. The number of hydrogen-bond donors (Lipinski definition) is 0. The van der Waals surface area contributed by atoms with Gasteiger partial charge in [0.1, 0.15) is 5.82 Å². The van der Waals surface area contributed by atoms with Crippen LogP contribution in [0, 0.1) is 12.7 Å². The van der Waals surface area contributed by atoms with Crippen molar-refractivity contribution in [2.75, 3.05) is 0 Å². The van der Waals surface area contributed by atoms with Gasteiger partial charge in [0.05, 0.1) is 22.0 Å². The molecule has 0 bridgehead atoms. The predicted octanol–water partition coefficient (Wildman–Crippen LogP) is 7.27. The zero-order valence-electron chi connectivity index (χ0n) is 14.9. The van der Waals surface area contributed by atoms with Crippen LogP contribution < -0.4 is 0 Å². The third kappa shape index (κ3) is 4.93. The minimum absolute atomic E-state index is 0.281. The molecule has 0 radical (unpaired) electrons. The van der Waals surface area contributed by atoms with Crippen LogP contribution in [-0.4, -0.2) is 0 Å². The van der Waals surface area contributed by atoms with Crippen molar-refractivity contribution in [3.8, 4) is 0 Å². The predicted molar refractivity (Wildman–Crippen MR) is 96.2 cm³/mol. The highest BCUT2D eigenvalue weighted by Gasteiger charge is 2.36. The highest BCUT2D eigenvalue weighted by Crippen LogP contribution is 2.38. The highest BCUT2D eigenvalue weighted by atomic mass is 32.2. The molecule has 0 heterocycles. The molecule has 0 aliphatic carbocycles. The Morgan fingerprint density at radius 2 is 1.07 bits per heavy atom. The molecule has 29 heavy (non-hydrogen) atoms. The topological polar surface area (TPSA) is 0 Å². The smallest absolute Gasteiger partial charge is 0.207 e. The van der Waals surface area contributed by atoms with E-state index in [2.05, 4.69) is 0 Å². The fourth-order valence-electron chi connectivity index (χ4n) is 2.79. The van der Waals surface area contributed by atoms with Crippen LogP contribution in [0.3, 0.4) is 0 Å². The second-order valence-corrected chi connectivity index (χ2v) is 8.34. The molecule has 1 atom stereocenters. The van der Waals surface area contributed by atoms with Gasteiger partial charge in [0, 0.05) is 6.07 Å². The summed E-state index contributed by atoms with van der Waals surface area (Å²) in [4.78, 5) is 1.16. The number of aryl methyl sites for hydroxylation is 1. The van der Waals surface area contributed by atoms with Gasteiger partial charge in [-0.3, -0.25) is 0 Å². The molecular formula is C21H14F7S+. The molecule has 0 aliphatic heterocycles. The molecule has 0 saturated carbocycles. The van der Waals surface area contributed by atoms with E-state index in [0.29, 0.717) is 15.4 Å². The fourth-order valence-corrected chi connectivity index (χ4v) is 4.97. The Bertz CT molecular complexity index is 988. The lowest BCUT2D eigenvalue weighted by Gasteiger charge is -2.13. The molecule has 1 unspecified atom stereocenters. The number of benzene rings is 3. The van der Waals surface area contributed by atoms with E-state index in [9.17, 15) is 30.7 Å². The van der Waals surface area contributed by atoms with E-state index in [0.717, 1.165) is 24.3 Å². The minimum atomic E-state index is -4.57. The molecule has 0 saturated heterocycles. The first-order chi connectivity index (χ1) is 13.4. The van der Waals surface area contributed by atoms with Crippen molar-refractivity contribution in [1.29, 1.82) is 0 Å². The van der Waals surface area contributed by atoms with Crippen molar-refractivity contribution in [3.63, 3.8) is 0 Å². The van der Waals surface area contributed by atoms with Crippen molar-refractivity contribution >= 4 is 10.9 Å². The van der Waals surface area contributed by atoms with E-state index >= 15 is 0 Å². The van der Waals surface area contributed by atoms with Crippen LogP contribution >= 0.6 is 0 Å². The molecule has 152 valence electrons. The van der Waals surface area contributed by atoms with Crippen LogP contribution in [0.1, 0.15) is 16.7 Å². The van der Waals surface area contributed by atoms with Crippen molar-refractivity contribution in [3.05, 3.63) is 89.2 Å². The lowest BCUT2D eigenvalue weighted by atomic mass is 10.1. The third-order valence-electron chi connectivity index (χ3n) is 4.08. The van der Waals surface area contributed by atoms with Crippen LogP contribution in [-0.2, 0) is 23.2 Å². The van der Waals surface area contributed by atoms with Crippen LogP contribution in [0.2, 0.25) is 0 Å². The number of halogens is 7. The van der Waals surface area contributed by atoms with Crippen molar-refractivity contribution < 1.29 is 30.7 Å². The molecule has 0 N–H and O–H groups in total. The normalized spacial score (nSPS) is 13.4. The standard InChI is InChI=1S/C21H14F7S/c1-13-10-15(21(26,27)28)12-19(11-13)29(18-8-4-16(22)5-9-18)17-6-2-14(3-7-17)20(23,24)25/h2-12H,1H3/q+1. The van der Waals surface area contributed by atoms with E-state index < -0.39 is 40.2 Å². The van der Waals surface area contributed by atoms with Gasteiger partial charge >= 0.3 is 12.4 Å². The molecule has 8 heteroatoms. The molecule has 0 fully saturated rings. The molecule has 3 aromatic carbocycles. The summed E-state index contributed by atoms with van der Waals surface area (Å²) < 4.78 is 91.8. The van der Waals surface area contributed by atoms with Crippen LogP contribution in [0.15, 0.2) is 81.4 Å². The average molecular weight is 431 g/mol. The molecule has 0 spiro atoms. The van der Waals surface area contributed by atoms with Gasteiger partial charge in [0.2, 0.25) is 0 Å². The zero-order valence-corrected chi connectivity index (χ0v) is 15.7. The molecular weight excluding hydrogens is 417 g/mol. The highest BCUT2D eigenvalue weighted by molar-refractivity contribution is 7.97. The second kappa shape index (κ2) is 7.74. The maximum absolute atomic E-state index is 13.4. The van der Waals surface area contributed by atoms with Crippen LogP contribution in [0.4, 0.5) is 30.7 Å². The lowest BCUT2D eigenvalue weighted by Crippen LogP contribution is -2.11. The van der Waals surface area contributed by atoms with Gasteiger partial charge < -0.3 is 0 Å². The Hall–Kier alpha value is -2.48. The van der Waals surface area contributed by atoms with Crippen molar-refractivity contribution in [1.82, 2.24) is 0 Å². The van der Waals surface area contributed by atoms with E-state index in [1.807, 2.05) is 0 Å². The summed E-state index contributed by atoms with van der Waals surface area (Å²) in [6.45, 7) is 1.51. The zero-order chi connectivity index (χ0) is 21.4. The Balaban J connectivity index is 2.17. The molecule has 3 aromatic rings. The van der Waals surface area contributed by atoms with Gasteiger partial charge in [-0.2, -0.15) is 26.3 Å². The summed E-state index contributed by atoms with van der Waals surface area (Å²) in [5.41, 5.74) is -1.34. The lowest BCUT2D eigenvalue weighted by molar-refractivity contribution is -0.138. The monoisotopic (exact) mass is 431 g/mol. The Labute approximate surface area is 165 Å². The van der Waals surface area contributed by atoms with Crippen molar-refractivity contribution in [2.24, 2.45) is 0 Å². The Kier molecular flexibility index (Phi) is 5.67. The maximum Gasteiger partial charge on any atom is 0.416 e. The summed E-state index contributed by atoms with van der Waals surface area (Å²) in [5.74, 6) is -0.523. The second-order valence-electron chi connectivity index (χ2n) is 6.31. The van der Waals surface area contributed by atoms with E-state index in [1.165, 1.54) is 43.3 Å². The third-order valence-corrected chi connectivity index (χ3v) is 6.27. The van der Waals surface area contributed by atoms with Crippen LogP contribution in [0.25, 0.3) is 0 Å². The molecule has 3 rings (SSSR count). The summed E-state index contributed by atoms with van der Waals surface area (Å²) in [5, 5.41) is 0. The summed E-state index contributed by atoms with van der Waals surface area (Å²) in [6.07, 6.45) is -9.10. The summed E-state index contributed by atoms with van der Waals surface area (Å²) in [7, 11) is -1.15. The van der Waals surface area contributed by atoms with Gasteiger partial charge in [-0.15, -0.1) is 0 Å². The Morgan fingerprint density at radius 3 is 1.55 bits per heavy atom. The quantitative estimate of drug-likeness (QED) is 0.302. The SMILES string of the molecule is Cc1cc([S+](c2ccc(F)cc2)c2ccc(C(F)(F)F)cc2)cc(C(F)(F)F)c1. The fraction of sp³-hybridized carbons (Fsp3) is 0.143. The van der Waals surface area contributed by atoms with E-state index in [-0.39, 0.29) is 4.90 Å². The molecule has 0 aromatic heterocycles. The Morgan fingerprint density at radius 1 is 0.586 bits per heavy atom. The minimum Gasteiger partial charge on any atom is -0.207 e. The molecule has 0 aliphatic rings. The van der Waals surface area contributed by atoms with Crippen LogP contribution in [0.5, 0.6) is 0 Å². The van der Waals surface area contributed by atoms with Gasteiger partial charge in [0.15, 0.2) is 14.7 Å². The number of hydrogen-bond acceptors (Lipinski definition) is 0. The number of rotatable bonds is 3. The average Bonchev–Trinajstić information content (AvgIpc) is 2.62. The largest absolute Gasteiger partial charge is 0.416 e. The molecule has 0 amide bonds. The van der Waals surface area contributed by atoms with E-state index in [4.69, 9.17) is 0 Å². The number of alkyl halides is 6. The van der Waals surface area contributed by atoms with Gasteiger partial charge in [-0.05, 0) is 73.2 Å². The van der Waals surface area contributed by atoms with Gasteiger partial charge in [-0.1, -0.05) is 0 Å². The summed E-state index contributed by atoms with van der Waals surface area (Å²) >= 11 is 0. The van der Waals surface area contributed by atoms with E-state index in [1.54, 1.807) is 6.07 Å². The molecule has 0 nitrogen and oxygen atoms in total. The van der Waals surface area contributed by atoms with Gasteiger partial charge in [0.25, 0.3) is 0 Å². The van der Waals surface area contributed by atoms with Crippen molar-refractivity contribution in [2.45, 2.75) is 34.0 Å². The van der Waals surface area contributed by atoms with Gasteiger partial charge in [-0.25, -0.2) is 4.39 Å².